The fourth-order valence-electron chi connectivity index (χ4n) is 2.61. The van der Waals surface area contributed by atoms with E-state index < -0.39 is 0 Å². The summed E-state index contributed by atoms with van der Waals surface area (Å²) in [5.41, 5.74) is 3.22. The number of aryl methyl sites for hydroxylation is 1. The number of halogens is 1. The highest BCUT2D eigenvalue weighted by atomic mass is 19.1. The molecule has 130 valence electrons. The summed E-state index contributed by atoms with van der Waals surface area (Å²) in [6.45, 7) is 6.98. The number of rotatable bonds is 5. The van der Waals surface area contributed by atoms with Crippen molar-refractivity contribution in [1.29, 1.82) is 5.26 Å². The summed E-state index contributed by atoms with van der Waals surface area (Å²) < 4.78 is 13.9. The van der Waals surface area contributed by atoms with Gasteiger partial charge in [-0.15, -0.1) is 0 Å². The van der Waals surface area contributed by atoms with Gasteiger partial charge < -0.3 is 10.6 Å². The monoisotopic (exact) mass is 338 g/mol. The molecule has 0 aliphatic carbocycles. The van der Waals surface area contributed by atoms with Gasteiger partial charge in [0.2, 0.25) is 0 Å². The standard InChI is InChI=1S/C20H23FN4/c1-4-23-20(25-15(3)18-8-6-5-7-14(18)2)24-13-17-11-16(12-22)9-10-19(17)21/h5-11,15H,4,13H2,1-3H3,(H2,23,24,25). The average Bonchev–Trinajstić information content (AvgIpc) is 2.61. The quantitative estimate of drug-likeness (QED) is 0.643. The Labute approximate surface area is 148 Å². The van der Waals surface area contributed by atoms with Crippen molar-refractivity contribution in [2.75, 3.05) is 6.54 Å². The van der Waals surface area contributed by atoms with E-state index in [-0.39, 0.29) is 18.4 Å². The third-order valence-electron chi connectivity index (χ3n) is 3.93. The average molecular weight is 338 g/mol. The zero-order valence-corrected chi connectivity index (χ0v) is 14.8. The van der Waals surface area contributed by atoms with Crippen LogP contribution in [0, 0.1) is 24.1 Å². The van der Waals surface area contributed by atoms with Crippen molar-refractivity contribution in [3.8, 4) is 6.07 Å². The molecule has 0 aliphatic heterocycles. The predicted octanol–water partition coefficient (Wildman–Crippen LogP) is 3.82. The Kier molecular flexibility index (Phi) is 6.53. The summed E-state index contributed by atoms with van der Waals surface area (Å²) >= 11 is 0. The molecule has 5 heteroatoms. The van der Waals surface area contributed by atoms with E-state index in [1.807, 2.05) is 25.1 Å². The first-order chi connectivity index (χ1) is 12.0. The first-order valence-corrected chi connectivity index (χ1v) is 8.34. The molecule has 0 bridgehead atoms. The molecule has 2 N–H and O–H groups in total. The van der Waals surface area contributed by atoms with Crippen LogP contribution in [0.3, 0.4) is 0 Å². The molecule has 2 aromatic carbocycles. The van der Waals surface area contributed by atoms with Crippen LogP contribution in [-0.4, -0.2) is 12.5 Å². The van der Waals surface area contributed by atoms with E-state index in [9.17, 15) is 4.39 Å². The maximum atomic E-state index is 13.9. The Morgan fingerprint density at radius 3 is 2.72 bits per heavy atom. The second-order valence-corrected chi connectivity index (χ2v) is 5.84. The molecule has 2 rings (SSSR count). The van der Waals surface area contributed by atoms with Crippen molar-refractivity contribution in [3.63, 3.8) is 0 Å². The van der Waals surface area contributed by atoms with Crippen molar-refractivity contribution < 1.29 is 4.39 Å². The number of hydrogen-bond acceptors (Lipinski definition) is 2. The third-order valence-corrected chi connectivity index (χ3v) is 3.93. The van der Waals surface area contributed by atoms with Crippen LogP contribution in [0.2, 0.25) is 0 Å². The first-order valence-electron chi connectivity index (χ1n) is 8.34. The Balaban J connectivity index is 2.16. The molecule has 4 nitrogen and oxygen atoms in total. The summed E-state index contributed by atoms with van der Waals surface area (Å²) in [5, 5.41) is 15.5. The summed E-state index contributed by atoms with van der Waals surface area (Å²) in [6, 6.07) is 14.6. The Hall–Kier alpha value is -2.87. The van der Waals surface area contributed by atoms with Gasteiger partial charge in [-0.2, -0.15) is 5.26 Å². The normalized spacial score (nSPS) is 12.4. The molecule has 0 aliphatic rings. The van der Waals surface area contributed by atoms with Crippen LogP contribution in [-0.2, 0) is 6.54 Å². The van der Waals surface area contributed by atoms with Gasteiger partial charge in [0.25, 0.3) is 0 Å². The zero-order valence-electron chi connectivity index (χ0n) is 14.8. The molecule has 1 atom stereocenters. The van der Waals surface area contributed by atoms with Crippen LogP contribution in [0.5, 0.6) is 0 Å². The van der Waals surface area contributed by atoms with Crippen molar-refractivity contribution in [2.24, 2.45) is 4.99 Å². The Bertz CT molecular complexity index is 793. The second kappa shape index (κ2) is 8.84. The minimum Gasteiger partial charge on any atom is -0.357 e. The SMILES string of the molecule is CCNC(=NCc1cc(C#N)ccc1F)NC(C)c1ccccc1C. The van der Waals surface area contributed by atoms with Gasteiger partial charge in [0.1, 0.15) is 5.82 Å². The molecule has 0 spiro atoms. The molecule has 1 unspecified atom stereocenters. The van der Waals surface area contributed by atoms with Crippen LogP contribution in [0.1, 0.15) is 42.1 Å². The largest absolute Gasteiger partial charge is 0.357 e. The van der Waals surface area contributed by atoms with Crippen molar-refractivity contribution in [1.82, 2.24) is 10.6 Å². The number of guanidine groups is 1. The molecule has 0 amide bonds. The van der Waals surface area contributed by atoms with E-state index >= 15 is 0 Å². The van der Waals surface area contributed by atoms with Gasteiger partial charge in [-0.3, -0.25) is 0 Å². The molecule has 0 saturated heterocycles. The van der Waals surface area contributed by atoms with E-state index in [1.165, 1.54) is 29.3 Å². The minimum atomic E-state index is -0.356. The molecule has 0 radical (unpaired) electrons. The van der Waals surface area contributed by atoms with E-state index in [1.54, 1.807) is 0 Å². The molecule has 25 heavy (non-hydrogen) atoms. The van der Waals surface area contributed by atoms with Crippen LogP contribution >= 0.6 is 0 Å². The van der Waals surface area contributed by atoms with Gasteiger partial charge in [-0.05, 0) is 50.1 Å². The lowest BCUT2D eigenvalue weighted by molar-refractivity contribution is 0.609. The number of benzene rings is 2. The van der Waals surface area contributed by atoms with Gasteiger partial charge in [0.15, 0.2) is 5.96 Å². The lowest BCUT2D eigenvalue weighted by Gasteiger charge is -2.19. The molecular formula is C20H23FN4. The number of aliphatic imine (C=N–C) groups is 1. The molecule has 0 saturated carbocycles. The summed E-state index contributed by atoms with van der Waals surface area (Å²) in [4.78, 5) is 4.46. The molecule has 0 fully saturated rings. The highest BCUT2D eigenvalue weighted by Crippen LogP contribution is 2.16. The topological polar surface area (TPSA) is 60.2 Å². The van der Waals surface area contributed by atoms with E-state index in [0.717, 1.165) is 0 Å². The number of nitriles is 1. The number of hydrogen-bond donors (Lipinski definition) is 2. The van der Waals surface area contributed by atoms with Gasteiger partial charge in [0.05, 0.1) is 24.2 Å². The summed E-state index contributed by atoms with van der Waals surface area (Å²) in [6.07, 6.45) is 0. The van der Waals surface area contributed by atoms with Crippen molar-refractivity contribution in [3.05, 3.63) is 70.5 Å². The zero-order chi connectivity index (χ0) is 18.2. The van der Waals surface area contributed by atoms with Crippen LogP contribution in [0.15, 0.2) is 47.5 Å². The summed E-state index contributed by atoms with van der Waals surface area (Å²) in [7, 11) is 0. The van der Waals surface area contributed by atoms with Crippen molar-refractivity contribution >= 4 is 5.96 Å². The third kappa shape index (κ3) is 5.05. The van der Waals surface area contributed by atoms with E-state index in [2.05, 4.69) is 41.6 Å². The minimum absolute atomic E-state index is 0.0642. The van der Waals surface area contributed by atoms with E-state index in [0.29, 0.717) is 23.6 Å². The Morgan fingerprint density at radius 2 is 2.04 bits per heavy atom. The first kappa shape index (κ1) is 18.5. The fraction of sp³-hybridized carbons (Fsp3) is 0.300. The smallest absolute Gasteiger partial charge is 0.192 e. The fourth-order valence-corrected chi connectivity index (χ4v) is 2.61. The van der Waals surface area contributed by atoms with Gasteiger partial charge >= 0.3 is 0 Å². The maximum absolute atomic E-state index is 13.9. The van der Waals surface area contributed by atoms with Crippen LogP contribution in [0.4, 0.5) is 4.39 Å². The summed E-state index contributed by atoms with van der Waals surface area (Å²) in [5.74, 6) is 0.255. The molecule has 0 aromatic heterocycles. The maximum Gasteiger partial charge on any atom is 0.192 e. The highest BCUT2D eigenvalue weighted by Gasteiger charge is 2.10. The lowest BCUT2D eigenvalue weighted by atomic mass is 10.0. The van der Waals surface area contributed by atoms with Crippen LogP contribution in [0.25, 0.3) is 0 Å². The predicted molar refractivity (Wildman–Crippen MR) is 98.7 cm³/mol. The molecular weight excluding hydrogens is 315 g/mol. The van der Waals surface area contributed by atoms with Gasteiger partial charge in [-0.25, -0.2) is 9.38 Å². The number of nitrogens with one attached hydrogen (secondary N) is 2. The van der Waals surface area contributed by atoms with Crippen molar-refractivity contribution in [2.45, 2.75) is 33.4 Å². The van der Waals surface area contributed by atoms with Crippen LogP contribution < -0.4 is 10.6 Å². The molecule has 2 aromatic rings. The second-order valence-electron chi connectivity index (χ2n) is 5.84. The Morgan fingerprint density at radius 1 is 1.28 bits per heavy atom. The van der Waals surface area contributed by atoms with E-state index in [4.69, 9.17) is 5.26 Å². The van der Waals surface area contributed by atoms with Gasteiger partial charge in [-0.1, -0.05) is 24.3 Å². The lowest BCUT2D eigenvalue weighted by Crippen LogP contribution is -2.38. The highest BCUT2D eigenvalue weighted by molar-refractivity contribution is 5.80. The van der Waals surface area contributed by atoms with Gasteiger partial charge in [0, 0.05) is 12.1 Å². The number of nitrogens with zero attached hydrogens (tertiary/aromatic N) is 2. The molecule has 0 heterocycles.